The van der Waals surface area contributed by atoms with E-state index in [1.807, 2.05) is 0 Å². The van der Waals surface area contributed by atoms with Crippen LogP contribution in [-0.2, 0) is 4.74 Å². The minimum Gasteiger partial charge on any atom is -0.381 e. The first kappa shape index (κ1) is 11.4. The molecule has 2 aliphatic heterocycles. The minimum absolute atomic E-state index is 0.776. The maximum atomic E-state index is 5.54. The summed E-state index contributed by atoms with van der Waals surface area (Å²) < 4.78 is 5.54. The van der Waals surface area contributed by atoms with Crippen LogP contribution in [-0.4, -0.2) is 50.3 Å². The molecular formula is C12H24N2O. The first-order chi connectivity index (χ1) is 7.42. The molecule has 2 fully saturated rings. The Morgan fingerprint density at radius 3 is 3.00 bits per heavy atom. The van der Waals surface area contributed by atoms with E-state index in [1.165, 1.54) is 38.6 Å². The zero-order valence-corrected chi connectivity index (χ0v) is 9.87. The molecule has 1 N–H and O–H groups in total. The molecule has 0 aromatic rings. The molecule has 3 nitrogen and oxygen atoms in total. The van der Waals surface area contributed by atoms with E-state index in [4.69, 9.17) is 4.74 Å². The number of nitrogens with zero attached hydrogens (tertiary/aromatic N) is 1. The number of rotatable bonds is 3. The maximum Gasteiger partial charge on any atom is 0.0480 e. The molecule has 0 amide bonds. The Morgan fingerprint density at radius 2 is 2.13 bits per heavy atom. The summed E-state index contributed by atoms with van der Waals surface area (Å²) in [5, 5.41) is 3.32. The smallest absolute Gasteiger partial charge is 0.0480 e. The molecule has 15 heavy (non-hydrogen) atoms. The number of nitrogens with one attached hydrogen (secondary N) is 1. The monoisotopic (exact) mass is 212 g/mol. The highest BCUT2D eigenvalue weighted by Crippen LogP contribution is 2.25. The van der Waals surface area contributed by atoms with Crippen molar-refractivity contribution in [3.8, 4) is 0 Å². The van der Waals surface area contributed by atoms with E-state index >= 15 is 0 Å². The predicted molar refractivity (Wildman–Crippen MR) is 62.1 cm³/mol. The Kier molecular flexibility index (Phi) is 4.42. The molecule has 88 valence electrons. The lowest BCUT2D eigenvalue weighted by Gasteiger charge is -2.32. The predicted octanol–water partition coefficient (Wildman–Crippen LogP) is 1.24. The molecule has 0 radical (unpaired) electrons. The summed E-state index contributed by atoms with van der Waals surface area (Å²) in [6.45, 7) is 4.39. The highest BCUT2D eigenvalue weighted by molar-refractivity contribution is 4.86. The van der Waals surface area contributed by atoms with Crippen LogP contribution in [0.5, 0.6) is 0 Å². The lowest BCUT2D eigenvalue weighted by atomic mass is 10.1. The number of hydrogen-bond acceptors (Lipinski definition) is 3. The van der Waals surface area contributed by atoms with Crippen LogP contribution >= 0.6 is 0 Å². The van der Waals surface area contributed by atoms with Crippen molar-refractivity contribution in [3.05, 3.63) is 0 Å². The molecule has 0 bridgehead atoms. The van der Waals surface area contributed by atoms with Crippen LogP contribution in [0.1, 0.15) is 32.1 Å². The molecule has 2 saturated heterocycles. The van der Waals surface area contributed by atoms with Crippen LogP contribution in [0.25, 0.3) is 0 Å². The van der Waals surface area contributed by atoms with E-state index in [0.717, 1.165) is 31.8 Å². The van der Waals surface area contributed by atoms with Crippen molar-refractivity contribution in [2.24, 2.45) is 0 Å². The lowest BCUT2D eigenvalue weighted by molar-refractivity contribution is 0.124. The number of likely N-dealkylation sites (tertiary alicyclic amines) is 1. The van der Waals surface area contributed by atoms with Crippen LogP contribution in [0, 0.1) is 0 Å². The summed E-state index contributed by atoms with van der Waals surface area (Å²) in [4.78, 5) is 2.73. The van der Waals surface area contributed by atoms with Gasteiger partial charge in [0.05, 0.1) is 0 Å². The molecule has 3 heteroatoms. The molecule has 2 unspecified atom stereocenters. The van der Waals surface area contributed by atoms with Crippen molar-refractivity contribution >= 4 is 0 Å². The summed E-state index contributed by atoms with van der Waals surface area (Å²) in [6, 6.07) is 1.56. The van der Waals surface area contributed by atoms with E-state index in [9.17, 15) is 0 Å². The molecule has 2 rings (SSSR count). The molecule has 0 aromatic heterocycles. The van der Waals surface area contributed by atoms with Crippen LogP contribution in [0.2, 0.25) is 0 Å². The highest BCUT2D eigenvalue weighted by Gasteiger charge is 2.30. The van der Waals surface area contributed by atoms with Crippen molar-refractivity contribution in [1.29, 1.82) is 0 Å². The van der Waals surface area contributed by atoms with Crippen LogP contribution in [0.4, 0.5) is 0 Å². The van der Waals surface area contributed by atoms with Gasteiger partial charge in [-0.25, -0.2) is 0 Å². The van der Waals surface area contributed by atoms with E-state index in [1.54, 1.807) is 0 Å². The van der Waals surface area contributed by atoms with Gasteiger partial charge in [0.15, 0.2) is 0 Å². The second-order valence-corrected chi connectivity index (χ2v) is 4.79. The van der Waals surface area contributed by atoms with Gasteiger partial charge in [-0.15, -0.1) is 0 Å². The first-order valence-corrected chi connectivity index (χ1v) is 6.40. The van der Waals surface area contributed by atoms with E-state index < -0.39 is 0 Å². The number of likely N-dealkylation sites (N-methyl/N-ethyl adjacent to an activating group) is 1. The normalized spacial score (nSPS) is 34.2. The summed E-state index contributed by atoms with van der Waals surface area (Å²) in [6.07, 6.45) is 6.57. The number of ether oxygens (including phenoxy) is 1. The van der Waals surface area contributed by atoms with Crippen LogP contribution < -0.4 is 5.32 Å². The quantitative estimate of drug-likeness (QED) is 0.762. The fourth-order valence-corrected chi connectivity index (χ4v) is 3.01. The second kappa shape index (κ2) is 5.83. The minimum atomic E-state index is 0.776. The van der Waals surface area contributed by atoms with Gasteiger partial charge in [0.25, 0.3) is 0 Å². The van der Waals surface area contributed by atoms with Crippen molar-refractivity contribution in [3.63, 3.8) is 0 Å². The summed E-state index contributed by atoms with van der Waals surface area (Å²) in [5.74, 6) is 0. The largest absolute Gasteiger partial charge is 0.381 e. The topological polar surface area (TPSA) is 24.5 Å². The van der Waals surface area contributed by atoms with Crippen LogP contribution in [0.15, 0.2) is 0 Å². The fourth-order valence-electron chi connectivity index (χ4n) is 3.01. The van der Waals surface area contributed by atoms with Crippen LogP contribution in [0.3, 0.4) is 0 Å². The molecule has 0 saturated carbocycles. The molecule has 0 aliphatic carbocycles. The number of hydrogen-bond donors (Lipinski definition) is 1. The highest BCUT2D eigenvalue weighted by atomic mass is 16.5. The molecule has 0 spiro atoms. The van der Waals surface area contributed by atoms with Gasteiger partial charge in [-0.2, -0.15) is 0 Å². The molecular weight excluding hydrogens is 188 g/mol. The van der Waals surface area contributed by atoms with Gasteiger partial charge in [-0.3, -0.25) is 4.90 Å². The van der Waals surface area contributed by atoms with Crippen molar-refractivity contribution in [1.82, 2.24) is 10.2 Å². The Balaban J connectivity index is 1.89. The lowest BCUT2D eigenvalue weighted by Crippen LogP contribution is -2.43. The molecule has 2 heterocycles. The van der Waals surface area contributed by atoms with Gasteiger partial charge >= 0.3 is 0 Å². The third-order valence-electron chi connectivity index (χ3n) is 3.75. The SMILES string of the molecule is CNCC1CCCN1C1CCCOCC1. The second-order valence-electron chi connectivity index (χ2n) is 4.79. The summed E-state index contributed by atoms with van der Waals surface area (Å²) in [7, 11) is 2.06. The van der Waals surface area contributed by atoms with E-state index in [2.05, 4.69) is 17.3 Å². The van der Waals surface area contributed by atoms with Crippen molar-refractivity contribution in [2.45, 2.75) is 44.2 Å². The zero-order valence-electron chi connectivity index (χ0n) is 9.87. The Bertz CT molecular complexity index is 178. The van der Waals surface area contributed by atoms with Gasteiger partial charge in [0, 0.05) is 31.8 Å². The van der Waals surface area contributed by atoms with Gasteiger partial charge in [-0.05, 0) is 45.7 Å². The maximum absolute atomic E-state index is 5.54. The third-order valence-corrected chi connectivity index (χ3v) is 3.75. The Labute approximate surface area is 93.2 Å². The Morgan fingerprint density at radius 1 is 1.20 bits per heavy atom. The fraction of sp³-hybridized carbons (Fsp3) is 1.00. The zero-order chi connectivity index (χ0) is 10.5. The van der Waals surface area contributed by atoms with E-state index in [0.29, 0.717) is 0 Å². The average Bonchev–Trinajstić information content (AvgIpc) is 2.53. The van der Waals surface area contributed by atoms with Crippen molar-refractivity contribution < 1.29 is 4.74 Å². The van der Waals surface area contributed by atoms with Gasteiger partial charge in [0.2, 0.25) is 0 Å². The summed E-state index contributed by atoms with van der Waals surface area (Å²) in [5.41, 5.74) is 0. The standard InChI is InChI=1S/C12H24N2O/c1-13-10-12-4-2-7-14(12)11-5-3-8-15-9-6-11/h11-13H,2-10H2,1H3. The van der Waals surface area contributed by atoms with Gasteiger partial charge in [-0.1, -0.05) is 0 Å². The molecule has 2 aliphatic rings. The average molecular weight is 212 g/mol. The van der Waals surface area contributed by atoms with E-state index in [-0.39, 0.29) is 0 Å². The third kappa shape index (κ3) is 2.92. The van der Waals surface area contributed by atoms with Gasteiger partial charge < -0.3 is 10.1 Å². The van der Waals surface area contributed by atoms with Crippen molar-refractivity contribution in [2.75, 3.05) is 33.4 Å². The molecule has 2 atom stereocenters. The molecule has 0 aromatic carbocycles. The Hall–Kier alpha value is -0.120. The first-order valence-electron chi connectivity index (χ1n) is 6.40. The van der Waals surface area contributed by atoms with Gasteiger partial charge in [0.1, 0.15) is 0 Å². The summed E-state index contributed by atoms with van der Waals surface area (Å²) >= 11 is 0.